The average Bonchev–Trinajstić information content (AvgIpc) is 3.49. The number of hydrogen-bond donors (Lipinski definition) is 1. The van der Waals surface area contributed by atoms with Crippen LogP contribution < -0.4 is 5.32 Å². The number of benzene rings is 2. The van der Waals surface area contributed by atoms with Gasteiger partial charge in [0.05, 0.1) is 5.92 Å². The minimum absolute atomic E-state index is 0.0924. The van der Waals surface area contributed by atoms with Crippen molar-refractivity contribution in [3.8, 4) is 0 Å². The number of amides is 1. The quantitative estimate of drug-likeness (QED) is 0.840. The van der Waals surface area contributed by atoms with E-state index in [-0.39, 0.29) is 29.4 Å². The van der Waals surface area contributed by atoms with Gasteiger partial charge in [-0.1, -0.05) is 24.3 Å². The molecule has 2 atom stereocenters. The first kappa shape index (κ1) is 19.1. The third-order valence-corrected chi connectivity index (χ3v) is 5.79. The second-order valence-electron chi connectivity index (χ2n) is 8.24. The molecule has 1 aliphatic carbocycles. The van der Waals surface area contributed by atoms with Crippen LogP contribution in [0.1, 0.15) is 41.9 Å². The molecule has 148 valence electrons. The Morgan fingerprint density at radius 3 is 2.54 bits per heavy atom. The summed E-state index contributed by atoms with van der Waals surface area (Å²) < 4.78 is 26.9. The maximum Gasteiger partial charge on any atom is 0.224 e. The van der Waals surface area contributed by atoms with Crippen LogP contribution in [-0.4, -0.2) is 29.9 Å². The van der Waals surface area contributed by atoms with Gasteiger partial charge in [0.15, 0.2) is 0 Å². The first-order valence-electron chi connectivity index (χ1n) is 10.0. The Morgan fingerprint density at radius 1 is 1.11 bits per heavy atom. The summed E-state index contributed by atoms with van der Waals surface area (Å²) in [5.41, 5.74) is 2.73. The van der Waals surface area contributed by atoms with Crippen LogP contribution in [0.2, 0.25) is 0 Å². The molecule has 0 radical (unpaired) electrons. The number of carbonyl (C=O) groups excluding carboxylic acids is 1. The van der Waals surface area contributed by atoms with Gasteiger partial charge in [-0.05, 0) is 67.0 Å². The average molecular weight is 384 g/mol. The molecule has 1 saturated carbocycles. The highest BCUT2D eigenvalue weighted by atomic mass is 19.1. The zero-order chi connectivity index (χ0) is 19.7. The van der Waals surface area contributed by atoms with Gasteiger partial charge in [-0.2, -0.15) is 0 Å². The summed E-state index contributed by atoms with van der Waals surface area (Å²) in [6.07, 6.45) is 2.90. The normalized spacial score (nSPS) is 22.8. The Hall–Kier alpha value is -2.27. The fourth-order valence-corrected chi connectivity index (χ4v) is 4.07. The highest BCUT2D eigenvalue weighted by molar-refractivity contribution is 5.79. The molecule has 28 heavy (non-hydrogen) atoms. The maximum absolute atomic E-state index is 13.7. The number of likely N-dealkylation sites (tertiary alicyclic amines) is 1. The molecule has 0 spiro atoms. The van der Waals surface area contributed by atoms with Crippen LogP contribution in [0, 0.1) is 24.5 Å². The molecule has 2 aromatic carbocycles. The Morgan fingerprint density at radius 2 is 1.86 bits per heavy atom. The standard InChI is InChI=1S/C23H26F2N2O/c1-15-10-17(4-9-22(15)25)18-11-19(23(28)26-21-7-8-21)14-27(13-18)12-16-2-5-20(24)6-3-16/h2-6,9-10,18-19,21H,7-8,11-14H2,1H3,(H,26,28). The first-order chi connectivity index (χ1) is 13.5. The van der Waals surface area contributed by atoms with Crippen LogP contribution in [0.4, 0.5) is 8.78 Å². The van der Waals surface area contributed by atoms with E-state index in [9.17, 15) is 13.6 Å². The van der Waals surface area contributed by atoms with Crippen molar-refractivity contribution >= 4 is 5.91 Å². The van der Waals surface area contributed by atoms with Crippen LogP contribution in [0.3, 0.4) is 0 Å². The van der Waals surface area contributed by atoms with Crippen LogP contribution in [0.15, 0.2) is 42.5 Å². The van der Waals surface area contributed by atoms with Crippen LogP contribution in [0.5, 0.6) is 0 Å². The fraction of sp³-hybridized carbons (Fsp3) is 0.435. The zero-order valence-electron chi connectivity index (χ0n) is 16.1. The number of nitrogens with one attached hydrogen (secondary N) is 1. The van der Waals surface area contributed by atoms with Gasteiger partial charge in [-0.15, -0.1) is 0 Å². The lowest BCUT2D eigenvalue weighted by atomic mass is 9.83. The van der Waals surface area contributed by atoms with E-state index in [2.05, 4.69) is 10.2 Å². The SMILES string of the molecule is Cc1cc(C2CC(C(=O)NC3CC3)CN(Cc3ccc(F)cc3)C2)ccc1F. The zero-order valence-corrected chi connectivity index (χ0v) is 16.1. The van der Waals surface area contributed by atoms with Crippen LogP contribution >= 0.6 is 0 Å². The van der Waals surface area contributed by atoms with E-state index in [1.807, 2.05) is 12.1 Å². The van der Waals surface area contributed by atoms with E-state index in [0.717, 1.165) is 36.9 Å². The molecule has 2 fully saturated rings. The molecule has 1 amide bonds. The number of hydrogen-bond acceptors (Lipinski definition) is 2. The molecule has 0 aromatic heterocycles. The lowest BCUT2D eigenvalue weighted by molar-refractivity contribution is -0.127. The number of aryl methyl sites for hydroxylation is 1. The lowest BCUT2D eigenvalue weighted by Gasteiger charge is -2.37. The molecule has 2 unspecified atom stereocenters. The second-order valence-corrected chi connectivity index (χ2v) is 8.24. The van der Waals surface area contributed by atoms with Gasteiger partial charge in [-0.3, -0.25) is 9.69 Å². The number of halogens is 2. The number of carbonyl (C=O) groups is 1. The minimum atomic E-state index is -0.247. The second kappa shape index (κ2) is 8.00. The third-order valence-electron chi connectivity index (χ3n) is 5.79. The van der Waals surface area contributed by atoms with Crippen LogP contribution in [0.25, 0.3) is 0 Å². The fourth-order valence-electron chi connectivity index (χ4n) is 4.07. The van der Waals surface area contributed by atoms with Crippen molar-refractivity contribution in [2.24, 2.45) is 5.92 Å². The molecule has 1 aliphatic heterocycles. The number of rotatable bonds is 5. The summed E-state index contributed by atoms with van der Waals surface area (Å²) >= 11 is 0. The summed E-state index contributed by atoms with van der Waals surface area (Å²) in [4.78, 5) is 15.0. The number of piperidine rings is 1. The lowest BCUT2D eigenvalue weighted by Crippen LogP contribution is -2.45. The van der Waals surface area contributed by atoms with Gasteiger partial charge in [0, 0.05) is 25.7 Å². The Kier molecular flexibility index (Phi) is 5.44. The van der Waals surface area contributed by atoms with Crippen molar-refractivity contribution in [3.05, 3.63) is 70.8 Å². The van der Waals surface area contributed by atoms with E-state index in [1.165, 1.54) is 18.2 Å². The predicted octanol–water partition coefficient (Wildman–Crippen LogP) is 4.16. The summed E-state index contributed by atoms with van der Waals surface area (Å²) in [5.74, 6) is -0.252. The van der Waals surface area contributed by atoms with Crippen molar-refractivity contribution in [2.45, 2.75) is 44.7 Å². The molecular formula is C23H26F2N2O. The Labute approximate surface area is 164 Å². The van der Waals surface area contributed by atoms with Crippen molar-refractivity contribution in [1.82, 2.24) is 10.2 Å². The molecule has 1 heterocycles. The van der Waals surface area contributed by atoms with E-state index in [1.54, 1.807) is 19.1 Å². The first-order valence-corrected chi connectivity index (χ1v) is 10.0. The molecule has 5 heteroatoms. The van der Waals surface area contributed by atoms with Gasteiger partial charge in [0.25, 0.3) is 0 Å². The Balaban J connectivity index is 1.53. The summed E-state index contributed by atoms with van der Waals surface area (Å²) in [6.45, 7) is 3.93. The monoisotopic (exact) mass is 384 g/mol. The van der Waals surface area contributed by atoms with E-state index < -0.39 is 0 Å². The molecule has 1 saturated heterocycles. The Bertz CT molecular complexity index is 848. The highest BCUT2D eigenvalue weighted by Crippen LogP contribution is 2.33. The van der Waals surface area contributed by atoms with Crippen LogP contribution in [-0.2, 0) is 11.3 Å². The molecule has 2 aliphatic rings. The summed E-state index contributed by atoms with van der Waals surface area (Å²) in [7, 11) is 0. The smallest absolute Gasteiger partial charge is 0.224 e. The predicted molar refractivity (Wildman–Crippen MR) is 105 cm³/mol. The van der Waals surface area contributed by atoms with Gasteiger partial charge >= 0.3 is 0 Å². The minimum Gasteiger partial charge on any atom is -0.353 e. The molecular weight excluding hydrogens is 358 g/mol. The van der Waals surface area contributed by atoms with Gasteiger partial charge in [-0.25, -0.2) is 8.78 Å². The third kappa shape index (κ3) is 4.58. The largest absolute Gasteiger partial charge is 0.353 e. The van der Waals surface area contributed by atoms with Crippen molar-refractivity contribution in [2.75, 3.05) is 13.1 Å². The van der Waals surface area contributed by atoms with Crippen molar-refractivity contribution in [1.29, 1.82) is 0 Å². The topological polar surface area (TPSA) is 32.3 Å². The molecule has 2 aromatic rings. The van der Waals surface area contributed by atoms with Gasteiger partial charge < -0.3 is 5.32 Å². The summed E-state index contributed by atoms with van der Waals surface area (Å²) in [6, 6.07) is 12.1. The molecule has 4 rings (SSSR count). The highest BCUT2D eigenvalue weighted by Gasteiger charge is 2.34. The van der Waals surface area contributed by atoms with Gasteiger partial charge in [0.2, 0.25) is 5.91 Å². The van der Waals surface area contributed by atoms with E-state index in [4.69, 9.17) is 0 Å². The molecule has 3 nitrogen and oxygen atoms in total. The summed E-state index contributed by atoms with van der Waals surface area (Å²) in [5, 5.41) is 3.13. The van der Waals surface area contributed by atoms with Gasteiger partial charge in [0.1, 0.15) is 11.6 Å². The number of nitrogens with zero attached hydrogens (tertiary/aromatic N) is 1. The van der Waals surface area contributed by atoms with E-state index >= 15 is 0 Å². The van der Waals surface area contributed by atoms with Crippen molar-refractivity contribution < 1.29 is 13.6 Å². The van der Waals surface area contributed by atoms with E-state index in [0.29, 0.717) is 24.7 Å². The maximum atomic E-state index is 13.7. The molecule has 1 N–H and O–H groups in total. The molecule has 0 bridgehead atoms. The van der Waals surface area contributed by atoms with Crippen molar-refractivity contribution in [3.63, 3.8) is 0 Å².